The van der Waals surface area contributed by atoms with Gasteiger partial charge in [-0.15, -0.1) is 0 Å². The van der Waals surface area contributed by atoms with Crippen molar-refractivity contribution in [3.8, 4) is 0 Å². The van der Waals surface area contributed by atoms with Gasteiger partial charge in [0.25, 0.3) is 0 Å². The number of hydrogen-bond acceptors (Lipinski definition) is 3. The molecule has 0 amide bonds. The van der Waals surface area contributed by atoms with Gasteiger partial charge in [-0.1, -0.05) is 17.7 Å². The first-order valence-corrected chi connectivity index (χ1v) is 5.88. The molecule has 1 aromatic carbocycles. The molecule has 2 N–H and O–H groups in total. The maximum atomic E-state index is 6.14. The van der Waals surface area contributed by atoms with Crippen molar-refractivity contribution in [2.45, 2.75) is 19.1 Å². The monoisotopic (exact) mass is 240 g/mol. The highest BCUT2D eigenvalue weighted by atomic mass is 35.5. The molecule has 1 saturated heterocycles. The molecule has 88 valence electrons. The highest BCUT2D eigenvalue weighted by molar-refractivity contribution is 6.31. The van der Waals surface area contributed by atoms with E-state index in [-0.39, 0.29) is 0 Å². The predicted molar refractivity (Wildman–Crippen MR) is 67.0 cm³/mol. The lowest BCUT2D eigenvalue weighted by Crippen LogP contribution is -2.22. The molecule has 3 nitrogen and oxygen atoms in total. The fourth-order valence-electron chi connectivity index (χ4n) is 2.05. The highest BCUT2D eigenvalue weighted by Gasteiger charge is 2.22. The fourth-order valence-corrected chi connectivity index (χ4v) is 2.31. The number of ether oxygens (including phenoxy) is 1. The van der Waals surface area contributed by atoms with E-state index < -0.39 is 0 Å². The Bertz CT molecular complexity index is 370. The lowest BCUT2D eigenvalue weighted by Gasteiger charge is -2.19. The van der Waals surface area contributed by atoms with Gasteiger partial charge in [-0.2, -0.15) is 0 Å². The molecule has 0 spiro atoms. The van der Waals surface area contributed by atoms with Gasteiger partial charge in [-0.05, 0) is 24.1 Å². The standard InChI is InChI=1S/C12H17ClN2O/c1-16-11-4-5-15(8-11)10-3-2-9(7-14)12(13)6-10/h2-3,6,11H,4-5,7-8,14H2,1H3. The van der Waals surface area contributed by atoms with Gasteiger partial charge >= 0.3 is 0 Å². The van der Waals surface area contributed by atoms with Gasteiger partial charge in [0, 0.05) is 37.5 Å². The molecule has 1 unspecified atom stereocenters. The van der Waals surface area contributed by atoms with E-state index in [1.165, 1.54) is 0 Å². The van der Waals surface area contributed by atoms with Crippen LogP contribution in [0.15, 0.2) is 18.2 Å². The molecule has 4 heteroatoms. The molecule has 1 aliphatic heterocycles. The summed E-state index contributed by atoms with van der Waals surface area (Å²) in [7, 11) is 1.76. The van der Waals surface area contributed by atoms with Crippen molar-refractivity contribution in [3.05, 3.63) is 28.8 Å². The Morgan fingerprint density at radius 1 is 1.56 bits per heavy atom. The second-order valence-electron chi connectivity index (χ2n) is 4.07. The van der Waals surface area contributed by atoms with Crippen LogP contribution in [-0.4, -0.2) is 26.3 Å². The number of rotatable bonds is 3. The zero-order valence-electron chi connectivity index (χ0n) is 9.45. The van der Waals surface area contributed by atoms with E-state index in [1.807, 2.05) is 12.1 Å². The Balaban J connectivity index is 2.13. The van der Waals surface area contributed by atoms with Crippen LogP contribution in [0.4, 0.5) is 5.69 Å². The zero-order chi connectivity index (χ0) is 11.5. The van der Waals surface area contributed by atoms with Gasteiger partial charge in [0.15, 0.2) is 0 Å². The van der Waals surface area contributed by atoms with Crippen LogP contribution in [0.1, 0.15) is 12.0 Å². The molecular formula is C12H17ClN2O. The Morgan fingerprint density at radius 3 is 2.94 bits per heavy atom. The summed E-state index contributed by atoms with van der Waals surface area (Å²) in [4.78, 5) is 2.29. The Labute approximate surface area is 101 Å². The van der Waals surface area contributed by atoms with Gasteiger partial charge in [0.1, 0.15) is 0 Å². The summed E-state index contributed by atoms with van der Waals surface area (Å²) in [6, 6.07) is 6.06. The summed E-state index contributed by atoms with van der Waals surface area (Å²) in [5.74, 6) is 0. The van der Waals surface area contributed by atoms with E-state index in [4.69, 9.17) is 22.1 Å². The predicted octanol–water partition coefficient (Wildman–Crippen LogP) is 2.02. The Morgan fingerprint density at radius 2 is 2.38 bits per heavy atom. The van der Waals surface area contributed by atoms with Crippen molar-refractivity contribution >= 4 is 17.3 Å². The largest absolute Gasteiger partial charge is 0.380 e. The first kappa shape index (κ1) is 11.7. The zero-order valence-corrected chi connectivity index (χ0v) is 10.2. The molecule has 0 bridgehead atoms. The van der Waals surface area contributed by atoms with Gasteiger partial charge in [0.05, 0.1) is 6.10 Å². The number of benzene rings is 1. The summed E-state index contributed by atoms with van der Waals surface area (Å²) in [6.45, 7) is 2.45. The van der Waals surface area contributed by atoms with Gasteiger partial charge in [0.2, 0.25) is 0 Å². The van der Waals surface area contributed by atoms with Crippen molar-refractivity contribution in [2.24, 2.45) is 5.73 Å². The minimum Gasteiger partial charge on any atom is -0.380 e. The average molecular weight is 241 g/mol. The van der Waals surface area contributed by atoms with Gasteiger partial charge in [-0.25, -0.2) is 0 Å². The molecule has 16 heavy (non-hydrogen) atoms. The maximum Gasteiger partial charge on any atom is 0.0762 e. The number of halogens is 1. The molecule has 1 atom stereocenters. The molecule has 0 saturated carbocycles. The van der Waals surface area contributed by atoms with Crippen LogP contribution >= 0.6 is 11.6 Å². The van der Waals surface area contributed by atoms with Crippen molar-refractivity contribution < 1.29 is 4.74 Å². The SMILES string of the molecule is COC1CCN(c2ccc(CN)c(Cl)c2)C1. The highest BCUT2D eigenvalue weighted by Crippen LogP contribution is 2.26. The fraction of sp³-hybridized carbons (Fsp3) is 0.500. The number of methoxy groups -OCH3 is 1. The molecule has 2 rings (SSSR count). The quantitative estimate of drug-likeness (QED) is 0.879. The molecule has 1 heterocycles. The average Bonchev–Trinajstić information content (AvgIpc) is 2.77. The van der Waals surface area contributed by atoms with Crippen LogP contribution in [-0.2, 0) is 11.3 Å². The summed E-state index contributed by atoms with van der Waals surface area (Å²) in [6.07, 6.45) is 1.42. The van der Waals surface area contributed by atoms with E-state index in [0.717, 1.165) is 35.8 Å². The van der Waals surface area contributed by atoms with Crippen LogP contribution in [0.2, 0.25) is 5.02 Å². The van der Waals surface area contributed by atoms with Crippen molar-refractivity contribution in [3.63, 3.8) is 0 Å². The van der Waals surface area contributed by atoms with E-state index in [1.54, 1.807) is 7.11 Å². The normalized spacial score (nSPS) is 20.4. The van der Waals surface area contributed by atoms with Crippen molar-refractivity contribution in [1.82, 2.24) is 0 Å². The number of hydrogen-bond donors (Lipinski definition) is 1. The second-order valence-corrected chi connectivity index (χ2v) is 4.48. The van der Waals surface area contributed by atoms with E-state index in [9.17, 15) is 0 Å². The molecule has 0 aromatic heterocycles. The van der Waals surface area contributed by atoms with Crippen molar-refractivity contribution in [1.29, 1.82) is 0 Å². The number of anilines is 1. The molecule has 1 aromatic rings. The summed E-state index contributed by atoms with van der Waals surface area (Å²) >= 11 is 6.14. The van der Waals surface area contributed by atoms with Crippen LogP contribution in [0, 0.1) is 0 Å². The third-order valence-electron chi connectivity index (χ3n) is 3.10. The molecule has 1 aliphatic rings. The van der Waals surface area contributed by atoms with Crippen LogP contribution < -0.4 is 10.6 Å². The third-order valence-corrected chi connectivity index (χ3v) is 3.45. The second kappa shape index (κ2) is 5.04. The van der Waals surface area contributed by atoms with Gasteiger partial charge in [-0.3, -0.25) is 0 Å². The summed E-state index contributed by atoms with van der Waals surface area (Å²) < 4.78 is 5.34. The van der Waals surface area contributed by atoms with E-state index in [2.05, 4.69) is 11.0 Å². The minimum absolute atomic E-state index is 0.341. The molecule has 0 radical (unpaired) electrons. The van der Waals surface area contributed by atoms with Crippen molar-refractivity contribution in [2.75, 3.05) is 25.1 Å². The van der Waals surface area contributed by atoms with Crippen LogP contribution in [0.25, 0.3) is 0 Å². The van der Waals surface area contributed by atoms with Crippen LogP contribution in [0.3, 0.4) is 0 Å². The summed E-state index contributed by atoms with van der Waals surface area (Å²) in [5, 5.41) is 0.751. The first-order chi connectivity index (χ1) is 7.74. The molecule has 1 fully saturated rings. The summed E-state index contributed by atoms with van der Waals surface area (Å²) in [5.41, 5.74) is 7.73. The first-order valence-electron chi connectivity index (χ1n) is 5.51. The Kier molecular flexibility index (Phi) is 3.69. The lowest BCUT2D eigenvalue weighted by atomic mass is 10.2. The smallest absolute Gasteiger partial charge is 0.0762 e. The third kappa shape index (κ3) is 2.32. The molecular weight excluding hydrogens is 224 g/mol. The van der Waals surface area contributed by atoms with Crippen LogP contribution in [0.5, 0.6) is 0 Å². The maximum absolute atomic E-state index is 6.14. The number of nitrogens with zero attached hydrogens (tertiary/aromatic N) is 1. The van der Waals surface area contributed by atoms with E-state index >= 15 is 0 Å². The Hall–Kier alpha value is -0.770. The number of nitrogens with two attached hydrogens (primary N) is 1. The minimum atomic E-state index is 0.341. The lowest BCUT2D eigenvalue weighted by molar-refractivity contribution is 0.121. The molecule has 0 aliphatic carbocycles. The topological polar surface area (TPSA) is 38.5 Å². The van der Waals surface area contributed by atoms with Gasteiger partial charge < -0.3 is 15.4 Å². The van der Waals surface area contributed by atoms with E-state index in [0.29, 0.717) is 12.6 Å².